The molecule has 0 unspecified atom stereocenters. The highest BCUT2D eigenvalue weighted by atomic mass is 16.5. The molecule has 0 N–H and O–H groups in total. The molecule has 0 saturated carbocycles. The Labute approximate surface area is 113 Å². The first-order valence-corrected chi connectivity index (χ1v) is 7.40. The van der Waals surface area contributed by atoms with Gasteiger partial charge in [-0.1, -0.05) is 82.2 Å². The van der Waals surface area contributed by atoms with Crippen LogP contribution < -0.4 is 0 Å². The molecule has 1 nitrogen and oxygen atoms in total. The molecular weight excluding hydrogens is 220 g/mol. The summed E-state index contributed by atoms with van der Waals surface area (Å²) in [6.07, 6.45) is 10.6. The van der Waals surface area contributed by atoms with Crippen molar-refractivity contribution in [1.29, 1.82) is 0 Å². The summed E-state index contributed by atoms with van der Waals surface area (Å²) in [6.45, 7) is 4.94. The van der Waals surface area contributed by atoms with E-state index in [4.69, 9.17) is 4.74 Å². The number of unbranched alkanes of at least 4 members (excludes halogenated alkanes) is 7. The Morgan fingerprint density at radius 2 is 1.56 bits per heavy atom. The van der Waals surface area contributed by atoms with Gasteiger partial charge in [0.15, 0.2) is 0 Å². The van der Waals surface area contributed by atoms with Gasteiger partial charge in [0.05, 0.1) is 13.2 Å². The highest BCUT2D eigenvalue weighted by molar-refractivity contribution is 5.13. The zero-order chi connectivity index (χ0) is 12.9. The maximum Gasteiger partial charge on any atom is 0.0841 e. The van der Waals surface area contributed by atoms with Gasteiger partial charge in [0.25, 0.3) is 0 Å². The van der Waals surface area contributed by atoms with Crippen LogP contribution in [0, 0.1) is 6.61 Å². The van der Waals surface area contributed by atoms with E-state index in [-0.39, 0.29) is 0 Å². The third-order valence-electron chi connectivity index (χ3n) is 3.14. The average Bonchev–Trinajstić information content (AvgIpc) is 2.42. The maximum absolute atomic E-state index is 5.54. The predicted octanol–water partition coefficient (Wildman–Crippen LogP) is 5.51. The first-order chi connectivity index (χ1) is 8.93. The van der Waals surface area contributed by atoms with Crippen molar-refractivity contribution in [3.63, 3.8) is 0 Å². The van der Waals surface area contributed by atoms with E-state index in [1.165, 1.54) is 50.5 Å². The molecule has 0 fully saturated rings. The second-order valence-corrected chi connectivity index (χ2v) is 4.87. The average molecular weight is 247 g/mol. The highest BCUT2D eigenvalue weighted by Crippen LogP contribution is 2.10. The van der Waals surface area contributed by atoms with Gasteiger partial charge in [0.1, 0.15) is 0 Å². The van der Waals surface area contributed by atoms with Crippen LogP contribution in [0.4, 0.5) is 0 Å². The molecule has 1 radical (unpaired) electrons. The van der Waals surface area contributed by atoms with Gasteiger partial charge in [-0.25, -0.2) is 0 Å². The van der Waals surface area contributed by atoms with Crippen molar-refractivity contribution in [1.82, 2.24) is 0 Å². The van der Waals surface area contributed by atoms with Crippen LogP contribution >= 0.6 is 0 Å². The minimum atomic E-state index is 0.706. The smallest absolute Gasteiger partial charge is 0.0841 e. The summed E-state index contributed by atoms with van der Waals surface area (Å²) in [6, 6.07) is 10.3. The number of rotatable bonds is 11. The van der Waals surface area contributed by atoms with E-state index in [0.29, 0.717) is 6.61 Å². The Bertz CT molecular complexity index is 268. The van der Waals surface area contributed by atoms with Gasteiger partial charge in [-0.05, 0) is 12.0 Å². The van der Waals surface area contributed by atoms with Crippen LogP contribution in [0.1, 0.15) is 63.9 Å². The first kappa shape index (κ1) is 15.2. The van der Waals surface area contributed by atoms with Gasteiger partial charge < -0.3 is 4.74 Å². The molecule has 1 aromatic carbocycles. The summed E-state index contributed by atoms with van der Waals surface area (Å²) in [5, 5.41) is 0. The normalized spacial score (nSPS) is 10.7. The summed E-state index contributed by atoms with van der Waals surface area (Å²) in [7, 11) is 0. The van der Waals surface area contributed by atoms with Crippen LogP contribution in [0.15, 0.2) is 30.3 Å². The van der Waals surface area contributed by atoms with Gasteiger partial charge >= 0.3 is 0 Å². The van der Waals surface area contributed by atoms with Crippen LogP contribution in [0.2, 0.25) is 0 Å². The molecule has 1 rings (SSSR count). The fourth-order valence-corrected chi connectivity index (χ4v) is 2.00. The Balaban J connectivity index is 1.82. The fraction of sp³-hybridized carbons (Fsp3) is 0.588. The summed E-state index contributed by atoms with van der Waals surface area (Å²) in [5.74, 6) is 0. The Hall–Kier alpha value is -0.820. The largest absolute Gasteiger partial charge is 0.371 e. The van der Waals surface area contributed by atoms with Crippen LogP contribution in [-0.4, -0.2) is 0 Å². The minimum Gasteiger partial charge on any atom is -0.371 e. The Morgan fingerprint density at radius 1 is 0.889 bits per heavy atom. The van der Waals surface area contributed by atoms with Crippen molar-refractivity contribution in [3.05, 3.63) is 42.5 Å². The first-order valence-electron chi connectivity index (χ1n) is 7.40. The van der Waals surface area contributed by atoms with Crippen LogP contribution in [0.5, 0.6) is 0 Å². The number of hydrogen-bond donors (Lipinski definition) is 0. The van der Waals surface area contributed by atoms with E-state index < -0.39 is 0 Å². The third kappa shape index (κ3) is 8.30. The van der Waals surface area contributed by atoms with E-state index in [0.717, 1.165) is 6.42 Å². The molecule has 0 aliphatic carbocycles. The second kappa shape index (κ2) is 11.3. The standard InChI is InChI=1S/C17H27O/c1-2-3-4-5-6-7-8-12-15-18-16-17-13-10-9-11-14-17/h9-11,13-15H,2-8,12,16H2,1H3. The van der Waals surface area contributed by atoms with Gasteiger partial charge in [-0.15, -0.1) is 0 Å². The number of ether oxygens (including phenoxy) is 1. The van der Waals surface area contributed by atoms with E-state index in [9.17, 15) is 0 Å². The minimum absolute atomic E-state index is 0.706. The van der Waals surface area contributed by atoms with Crippen molar-refractivity contribution in [2.24, 2.45) is 0 Å². The van der Waals surface area contributed by atoms with Gasteiger partial charge in [0.2, 0.25) is 0 Å². The number of hydrogen-bond acceptors (Lipinski definition) is 1. The lowest BCUT2D eigenvalue weighted by atomic mass is 10.1. The monoisotopic (exact) mass is 247 g/mol. The third-order valence-corrected chi connectivity index (χ3v) is 3.14. The van der Waals surface area contributed by atoms with E-state index in [1.807, 2.05) is 12.7 Å². The zero-order valence-electron chi connectivity index (χ0n) is 11.7. The van der Waals surface area contributed by atoms with Gasteiger partial charge in [-0.3, -0.25) is 0 Å². The quantitative estimate of drug-likeness (QED) is 0.469. The summed E-state index contributed by atoms with van der Waals surface area (Å²) < 4.78 is 5.54. The van der Waals surface area contributed by atoms with Gasteiger partial charge in [-0.2, -0.15) is 0 Å². The predicted molar refractivity (Wildman–Crippen MR) is 78.1 cm³/mol. The lowest BCUT2D eigenvalue weighted by molar-refractivity contribution is 0.176. The SMILES string of the molecule is CCCCCCCCC[CH]OCc1ccccc1. The molecule has 18 heavy (non-hydrogen) atoms. The molecule has 1 heteroatoms. The number of benzene rings is 1. The molecular formula is C17H27O. The molecule has 1 aromatic rings. The topological polar surface area (TPSA) is 9.23 Å². The lowest BCUT2D eigenvalue weighted by Gasteiger charge is -2.04. The van der Waals surface area contributed by atoms with Crippen LogP contribution in [0.25, 0.3) is 0 Å². The Kier molecular flexibility index (Phi) is 9.55. The zero-order valence-corrected chi connectivity index (χ0v) is 11.7. The molecule has 101 valence electrons. The molecule has 0 atom stereocenters. The van der Waals surface area contributed by atoms with E-state index >= 15 is 0 Å². The molecule has 0 amide bonds. The molecule has 0 bridgehead atoms. The molecule has 0 heterocycles. The van der Waals surface area contributed by atoms with E-state index in [2.05, 4.69) is 31.2 Å². The molecule has 0 aliphatic heterocycles. The second-order valence-electron chi connectivity index (χ2n) is 4.87. The summed E-state index contributed by atoms with van der Waals surface area (Å²) >= 11 is 0. The van der Waals surface area contributed by atoms with Crippen molar-refractivity contribution in [3.8, 4) is 0 Å². The molecule has 0 aliphatic rings. The summed E-state index contributed by atoms with van der Waals surface area (Å²) in [4.78, 5) is 0. The van der Waals surface area contributed by atoms with Crippen LogP contribution in [0.3, 0.4) is 0 Å². The fourth-order valence-electron chi connectivity index (χ4n) is 2.00. The van der Waals surface area contributed by atoms with Crippen molar-refractivity contribution in [2.45, 2.75) is 64.9 Å². The lowest BCUT2D eigenvalue weighted by Crippen LogP contribution is -1.90. The van der Waals surface area contributed by atoms with Crippen molar-refractivity contribution in [2.75, 3.05) is 0 Å². The van der Waals surface area contributed by atoms with E-state index in [1.54, 1.807) is 0 Å². The van der Waals surface area contributed by atoms with Crippen molar-refractivity contribution < 1.29 is 4.74 Å². The maximum atomic E-state index is 5.54. The highest BCUT2D eigenvalue weighted by Gasteiger charge is 1.94. The van der Waals surface area contributed by atoms with Crippen molar-refractivity contribution >= 4 is 0 Å². The summed E-state index contributed by atoms with van der Waals surface area (Å²) in [5.41, 5.74) is 1.24. The van der Waals surface area contributed by atoms with Crippen LogP contribution in [-0.2, 0) is 11.3 Å². The molecule has 0 aromatic heterocycles. The Morgan fingerprint density at radius 3 is 2.28 bits per heavy atom. The molecule has 0 saturated heterocycles. The molecule has 0 spiro atoms. The van der Waals surface area contributed by atoms with Gasteiger partial charge in [0, 0.05) is 0 Å².